The fourth-order valence-electron chi connectivity index (χ4n) is 2.44. The Morgan fingerprint density at radius 2 is 2.05 bits per heavy atom. The van der Waals surface area contributed by atoms with Crippen LogP contribution in [0.2, 0.25) is 0 Å². The summed E-state index contributed by atoms with van der Waals surface area (Å²) < 4.78 is 0. The number of nitrogens with one attached hydrogen (secondary N) is 1. The van der Waals surface area contributed by atoms with Crippen LogP contribution in [0.15, 0.2) is 0 Å². The summed E-state index contributed by atoms with van der Waals surface area (Å²) in [7, 11) is 0. The van der Waals surface area contributed by atoms with E-state index >= 15 is 0 Å². The Morgan fingerprint density at radius 3 is 2.50 bits per heavy atom. The van der Waals surface area contributed by atoms with Crippen LogP contribution in [0.1, 0.15) is 54.4 Å². The van der Waals surface area contributed by atoms with Gasteiger partial charge in [-0.05, 0) is 39.0 Å². The molecule has 20 heavy (non-hydrogen) atoms. The molecule has 0 saturated carbocycles. The Balaban J connectivity index is 0.00000361. The van der Waals surface area contributed by atoms with Crippen LogP contribution in [-0.4, -0.2) is 41.5 Å². The quantitative estimate of drug-likeness (QED) is 0.837. The van der Waals surface area contributed by atoms with E-state index in [0.29, 0.717) is 0 Å². The van der Waals surface area contributed by atoms with Gasteiger partial charge >= 0.3 is 0 Å². The number of hydrogen-bond donors (Lipinski definition) is 2. The molecule has 4 nitrogen and oxygen atoms in total. The van der Waals surface area contributed by atoms with Gasteiger partial charge in [0.25, 0.3) is 0 Å². The molecule has 1 aliphatic rings. The number of amides is 1. The van der Waals surface area contributed by atoms with E-state index in [4.69, 9.17) is 5.73 Å². The molecule has 1 fully saturated rings. The molecule has 2 atom stereocenters. The van der Waals surface area contributed by atoms with Crippen LogP contribution in [0.5, 0.6) is 0 Å². The highest BCUT2D eigenvalue weighted by molar-refractivity contribution is 5.85. The van der Waals surface area contributed by atoms with Gasteiger partial charge in [0.1, 0.15) is 0 Å². The number of carbonyl (C=O) groups excluding carboxylic acids is 1. The SMILES string of the molecule is CCC(C)(C)NC(=O)C(C)N1CCC(N)C(C)(C)C1.Cl. The van der Waals surface area contributed by atoms with Crippen molar-refractivity contribution in [2.45, 2.75) is 72.0 Å². The summed E-state index contributed by atoms with van der Waals surface area (Å²) in [6.45, 7) is 14.4. The molecule has 0 spiro atoms. The second-order valence-corrected chi connectivity index (χ2v) is 7.26. The third-order valence-corrected chi connectivity index (χ3v) is 4.61. The van der Waals surface area contributed by atoms with E-state index in [1.165, 1.54) is 0 Å². The highest BCUT2D eigenvalue weighted by atomic mass is 35.5. The van der Waals surface area contributed by atoms with Gasteiger partial charge in [-0.15, -0.1) is 12.4 Å². The lowest BCUT2D eigenvalue weighted by Crippen LogP contribution is -2.59. The minimum absolute atomic E-state index is 0. The number of piperidine rings is 1. The summed E-state index contributed by atoms with van der Waals surface area (Å²) >= 11 is 0. The van der Waals surface area contributed by atoms with E-state index in [1.54, 1.807) is 0 Å². The smallest absolute Gasteiger partial charge is 0.237 e. The number of nitrogens with two attached hydrogens (primary N) is 1. The molecule has 0 bridgehead atoms. The summed E-state index contributed by atoms with van der Waals surface area (Å²) in [6, 6.07) is 0.142. The highest BCUT2D eigenvalue weighted by Crippen LogP contribution is 2.28. The fraction of sp³-hybridized carbons (Fsp3) is 0.933. The number of nitrogens with zero attached hydrogens (tertiary/aromatic N) is 1. The van der Waals surface area contributed by atoms with Gasteiger partial charge in [0.15, 0.2) is 0 Å². The van der Waals surface area contributed by atoms with Crippen molar-refractivity contribution in [3.8, 4) is 0 Å². The van der Waals surface area contributed by atoms with Crippen molar-refractivity contribution in [1.29, 1.82) is 0 Å². The molecule has 120 valence electrons. The molecule has 2 unspecified atom stereocenters. The zero-order valence-electron chi connectivity index (χ0n) is 13.8. The predicted octanol–water partition coefficient (Wildman–Crippen LogP) is 2.16. The Labute approximate surface area is 130 Å². The van der Waals surface area contributed by atoms with Crippen molar-refractivity contribution >= 4 is 18.3 Å². The van der Waals surface area contributed by atoms with Crippen LogP contribution in [-0.2, 0) is 4.79 Å². The summed E-state index contributed by atoms with van der Waals surface area (Å²) in [5, 5.41) is 3.13. The highest BCUT2D eigenvalue weighted by Gasteiger charge is 2.37. The van der Waals surface area contributed by atoms with Gasteiger partial charge in [-0.25, -0.2) is 0 Å². The lowest BCUT2D eigenvalue weighted by molar-refractivity contribution is -0.128. The zero-order chi connectivity index (χ0) is 14.8. The van der Waals surface area contributed by atoms with E-state index in [-0.39, 0.29) is 41.4 Å². The summed E-state index contributed by atoms with van der Waals surface area (Å²) in [5.74, 6) is 0.123. The fourth-order valence-corrected chi connectivity index (χ4v) is 2.44. The monoisotopic (exact) mass is 305 g/mol. The molecule has 0 aromatic carbocycles. The molecule has 1 aliphatic heterocycles. The van der Waals surface area contributed by atoms with Crippen LogP contribution < -0.4 is 11.1 Å². The topological polar surface area (TPSA) is 58.4 Å². The molecule has 1 rings (SSSR count). The van der Waals surface area contributed by atoms with Crippen molar-refractivity contribution in [3.63, 3.8) is 0 Å². The first kappa shape index (κ1) is 19.7. The second-order valence-electron chi connectivity index (χ2n) is 7.26. The van der Waals surface area contributed by atoms with Crippen molar-refractivity contribution in [3.05, 3.63) is 0 Å². The van der Waals surface area contributed by atoms with Crippen LogP contribution >= 0.6 is 12.4 Å². The first-order valence-electron chi connectivity index (χ1n) is 7.41. The third-order valence-electron chi connectivity index (χ3n) is 4.61. The minimum Gasteiger partial charge on any atom is -0.350 e. The van der Waals surface area contributed by atoms with Crippen molar-refractivity contribution in [2.24, 2.45) is 11.1 Å². The average Bonchev–Trinajstić information content (AvgIpc) is 2.31. The van der Waals surface area contributed by atoms with Crippen LogP contribution in [0.3, 0.4) is 0 Å². The molecule has 0 radical (unpaired) electrons. The van der Waals surface area contributed by atoms with Crippen LogP contribution in [0.4, 0.5) is 0 Å². The lowest BCUT2D eigenvalue weighted by atomic mass is 9.79. The third kappa shape index (κ3) is 4.90. The first-order valence-corrected chi connectivity index (χ1v) is 7.41. The first-order chi connectivity index (χ1) is 8.59. The van der Waals surface area contributed by atoms with E-state index in [9.17, 15) is 4.79 Å². The molecule has 3 N–H and O–H groups in total. The molecule has 1 amide bonds. The summed E-state index contributed by atoms with van der Waals surface area (Å²) in [5.41, 5.74) is 6.09. The molecule has 0 aromatic heterocycles. The average molecular weight is 306 g/mol. The van der Waals surface area contributed by atoms with E-state index in [2.05, 4.69) is 44.8 Å². The van der Waals surface area contributed by atoms with Gasteiger partial charge < -0.3 is 11.1 Å². The maximum atomic E-state index is 12.3. The summed E-state index contributed by atoms with van der Waals surface area (Å²) in [4.78, 5) is 14.6. The summed E-state index contributed by atoms with van der Waals surface area (Å²) in [6.07, 6.45) is 1.89. The maximum Gasteiger partial charge on any atom is 0.237 e. The van der Waals surface area contributed by atoms with E-state index in [1.807, 2.05) is 6.92 Å². The number of halogens is 1. The van der Waals surface area contributed by atoms with Crippen molar-refractivity contribution < 1.29 is 4.79 Å². The molecule has 0 aromatic rings. The molecule has 5 heteroatoms. The Bertz CT molecular complexity index is 331. The minimum atomic E-state index is -0.132. The van der Waals surface area contributed by atoms with Crippen LogP contribution in [0, 0.1) is 5.41 Å². The number of rotatable bonds is 4. The van der Waals surface area contributed by atoms with Crippen LogP contribution in [0.25, 0.3) is 0 Å². The van der Waals surface area contributed by atoms with Crippen molar-refractivity contribution in [1.82, 2.24) is 10.2 Å². The largest absolute Gasteiger partial charge is 0.350 e. The van der Waals surface area contributed by atoms with E-state index in [0.717, 1.165) is 25.9 Å². The molecule has 1 heterocycles. The Kier molecular flexibility index (Phi) is 6.99. The Hall–Kier alpha value is -0.320. The second kappa shape index (κ2) is 7.10. The molecular formula is C15H32ClN3O. The van der Waals surface area contributed by atoms with Crippen molar-refractivity contribution in [2.75, 3.05) is 13.1 Å². The number of likely N-dealkylation sites (tertiary alicyclic amines) is 1. The standard InChI is InChI=1S/C15H31N3O.ClH/c1-7-15(5,6)17-13(19)11(2)18-9-8-12(16)14(3,4)10-18;/h11-12H,7-10,16H2,1-6H3,(H,17,19);1H. The van der Waals surface area contributed by atoms with Gasteiger partial charge in [-0.2, -0.15) is 0 Å². The molecular weight excluding hydrogens is 274 g/mol. The molecule has 0 aliphatic carbocycles. The maximum absolute atomic E-state index is 12.3. The number of hydrogen-bond acceptors (Lipinski definition) is 3. The molecule has 1 saturated heterocycles. The van der Waals surface area contributed by atoms with Gasteiger partial charge in [0, 0.05) is 24.7 Å². The van der Waals surface area contributed by atoms with Gasteiger partial charge in [0.05, 0.1) is 6.04 Å². The van der Waals surface area contributed by atoms with Gasteiger partial charge in [-0.3, -0.25) is 9.69 Å². The Morgan fingerprint density at radius 1 is 1.50 bits per heavy atom. The van der Waals surface area contributed by atoms with Gasteiger partial charge in [0.2, 0.25) is 5.91 Å². The normalized spacial score (nSPS) is 24.6. The predicted molar refractivity (Wildman–Crippen MR) is 87.2 cm³/mol. The number of carbonyl (C=O) groups is 1. The zero-order valence-corrected chi connectivity index (χ0v) is 14.6. The lowest BCUT2D eigenvalue weighted by Gasteiger charge is -2.45. The van der Waals surface area contributed by atoms with Gasteiger partial charge in [-0.1, -0.05) is 20.8 Å². The van der Waals surface area contributed by atoms with E-state index < -0.39 is 0 Å².